The highest BCUT2D eigenvalue weighted by atomic mass is 35.5. The quantitative estimate of drug-likeness (QED) is 0.381. The average molecular weight is 431 g/mol. The van der Waals surface area contributed by atoms with Gasteiger partial charge in [-0.1, -0.05) is 23.7 Å². The van der Waals surface area contributed by atoms with Crippen molar-refractivity contribution in [1.82, 2.24) is 0 Å². The Hall–Kier alpha value is -3.50. The molecule has 1 aromatic heterocycles. The van der Waals surface area contributed by atoms with Crippen LogP contribution < -0.4 is 5.32 Å². The molecule has 2 aromatic carbocycles. The number of carbonyl (C=O) groups excluding carboxylic acids is 1. The maximum absolute atomic E-state index is 13.0. The molecule has 4 nitrogen and oxygen atoms in total. The number of benzene rings is 2. The predicted molar refractivity (Wildman–Crippen MR) is 108 cm³/mol. The Balaban J connectivity index is 1.87. The van der Waals surface area contributed by atoms with Crippen molar-refractivity contribution < 1.29 is 22.4 Å². The zero-order valence-electron chi connectivity index (χ0n) is 15.5. The van der Waals surface area contributed by atoms with Gasteiger partial charge in [0.05, 0.1) is 10.6 Å². The number of amides is 1. The number of alkyl halides is 3. The number of hydrogen-bond acceptors (Lipinski definition) is 3. The predicted octanol–water partition coefficient (Wildman–Crippen LogP) is 6.47. The number of furan rings is 1. The average Bonchev–Trinajstić information content (AvgIpc) is 3.14. The van der Waals surface area contributed by atoms with Gasteiger partial charge in [0.15, 0.2) is 0 Å². The molecule has 3 rings (SSSR count). The van der Waals surface area contributed by atoms with Crippen LogP contribution in [0.15, 0.2) is 64.6 Å². The van der Waals surface area contributed by atoms with Gasteiger partial charge in [-0.25, -0.2) is 0 Å². The van der Waals surface area contributed by atoms with E-state index in [-0.39, 0.29) is 27.7 Å². The van der Waals surface area contributed by atoms with Gasteiger partial charge in [-0.3, -0.25) is 4.79 Å². The number of anilines is 1. The molecule has 0 bridgehead atoms. The summed E-state index contributed by atoms with van der Waals surface area (Å²) in [7, 11) is 0. The SMILES string of the molecule is Cc1cccc(NC(=O)/C(C#N)=C/c2ccc(-c3cc(C(F)(F)F)ccc3Cl)o2)c1. The minimum atomic E-state index is -4.53. The van der Waals surface area contributed by atoms with E-state index in [0.717, 1.165) is 23.8 Å². The third-order valence-corrected chi connectivity index (χ3v) is 4.44. The lowest BCUT2D eigenvalue weighted by atomic mass is 10.1. The molecule has 0 fully saturated rings. The molecular formula is C22H14ClF3N2O2. The van der Waals surface area contributed by atoms with E-state index in [1.165, 1.54) is 18.2 Å². The zero-order chi connectivity index (χ0) is 21.9. The molecule has 0 aliphatic carbocycles. The lowest BCUT2D eigenvalue weighted by Gasteiger charge is -2.09. The van der Waals surface area contributed by atoms with Crippen molar-refractivity contribution >= 4 is 29.3 Å². The molecule has 1 heterocycles. The molecule has 0 saturated carbocycles. The summed E-state index contributed by atoms with van der Waals surface area (Å²) in [5.41, 5.74) is 0.410. The number of rotatable bonds is 4. The Morgan fingerprint density at radius 3 is 2.60 bits per heavy atom. The van der Waals surface area contributed by atoms with E-state index in [0.29, 0.717) is 5.69 Å². The monoisotopic (exact) mass is 430 g/mol. The van der Waals surface area contributed by atoms with Crippen LogP contribution in [0.1, 0.15) is 16.9 Å². The number of nitriles is 1. The van der Waals surface area contributed by atoms with E-state index < -0.39 is 17.6 Å². The highest BCUT2D eigenvalue weighted by molar-refractivity contribution is 6.33. The normalized spacial score (nSPS) is 11.8. The van der Waals surface area contributed by atoms with E-state index >= 15 is 0 Å². The summed E-state index contributed by atoms with van der Waals surface area (Å²) in [5.74, 6) is -0.443. The van der Waals surface area contributed by atoms with Crippen molar-refractivity contribution in [2.75, 3.05) is 5.32 Å². The molecule has 3 aromatic rings. The second-order valence-electron chi connectivity index (χ2n) is 6.39. The first kappa shape index (κ1) is 21.2. The van der Waals surface area contributed by atoms with Crippen molar-refractivity contribution in [1.29, 1.82) is 5.26 Å². The highest BCUT2D eigenvalue weighted by Gasteiger charge is 2.31. The molecule has 30 heavy (non-hydrogen) atoms. The molecule has 0 aliphatic heterocycles. The van der Waals surface area contributed by atoms with Gasteiger partial charge in [0.2, 0.25) is 0 Å². The second kappa shape index (κ2) is 8.47. The molecule has 0 spiro atoms. The maximum Gasteiger partial charge on any atom is 0.416 e. The van der Waals surface area contributed by atoms with Gasteiger partial charge in [-0.05, 0) is 55.0 Å². The molecular weight excluding hydrogens is 417 g/mol. The first-order valence-corrected chi connectivity index (χ1v) is 9.02. The first-order chi connectivity index (χ1) is 14.2. The minimum absolute atomic E-state index is 0.0499. The molecule has 0 atom stereocenters. The Morgan fingerprint density at radius 2 is 1.93 bits per heavy atom. The summed E-state index contributed by atoms with van der Waals surface area (Å²) in [6.45, 7) is 1.86. The Kier molecular flexibility index (Phi) is 5.99. The summed E-state index contributed by atoms with van der Waals surface area (Å²) >= 11 is 6.02. The number of aryl methyl sites for hydroxylation is 1. The van der Waals surface area contributed by atoms with Crippen LogP contribution in [0.4, 0.5) is 18.9 Å². The fraction of sp³-hybridized carbons (Fsp3) is 0.0909. The van der Waals surface area contributed by atoms with Gasteiger partial charge in [0, 0.05) is 17.3 Å². The summed E-state index contributed by atoms with van der Waals surface area (Å²) in [6, 6.07) is 14.6. The Bertz CT molecular complexity index is 1170. The number of nitrogens with one attached hydrogen (secondary N) is 1. The minimum Gasteiger partial charge on any atom is -0.457 e. The Labute approximate surface area is 175 Å². The first-order valence-electron chi connectivity index (χ1n) is 8.64. The van der Waals surface area contributed by atoms with Crippen LogP contribution in [0, 0.1) is 18.3 Å². The van der Waals surface area contributed by atoms with E-state index in [9.17, 15) is 23.2 Å². The second-order valence-corrected chi connectivity index (χ2v) is 6.80. The van der Waals surface area contributed by atoms with Crippen LogP contribution in [0.25, 0.3) is 17.4 Å². The smallest absolute Gasteiger partial charge is 0.416 e. The van der Waals surface area contributed by atoms with Crippen LogP contribution in [0.3, 0.4) is 0 Å². The van der Waals surface area contributed by atoms with Gasteiger partial charge in [0.1, 0.15) is 23.2 Å². The number of halogens is 4. The summed E-state index contributed by atoms with van der Waals surface area (Å²) in [6.07, 6.45) is -3.33. The molecule has 1 N–H and O–H groups in total. The van der Waals surface area contributed by atoms with Gasteiger partial charge in [-0.2, -0.15) is 18.4 Å². The third kappa shape index (κ3) is 4.91. The summed E-state index contributed by atoms with van der Waals surface area (Å²) in [4.78, 5) is 12.4. The third-order valence-electron chi connectivity index (χ3n) is 4.11. The van der Waals surface area contributed by atoms with Gasteiger partial charge in [0.25, 0.3) is 5.91 Å². The maximum atomic E-state index is 13.0. The van der Waals surface area contributed by atoms with Crippen LogP contribution in [-0.4, -0.2) is 5.91 Å². The fourth-order valence-corrected chi connectivity index (χ4v) is 2.89. The van der Waals surface area contributed by atoms with E-state index in [2.05, 4.69) is 5.32 Å². The lowest BCUT2D eigenvalue weighted by molar-refractivity contribution is -0.137. The number of hydrogen-bond donors (Lipinski definition) is 1. The topological polar surface area (TPSA) is 66.0 Å². The standard InChI is InChI=1S/C22H14ClF3N2O2/c1-13-3-2-4-16(9-13)28-21(29)14(12-27)10-17-6-8-20(30-17)18-11-15(22(24,25)26)5-7-19(18)23/h2-11H,1H3,(H,28,29)/b14-10+. The van der Waals surface area contributed by atoms with Gasteiger partial charge >= 0.3 is 6.18 Å². The lowest BCUT2D eigenvalue weighted by Crippen LogP contribution is -2.13. The van der Waals surface area contributed by atoms with E-state index in [1.807, 2.05) is 13.0 Å². The summed E-state index contributed by atoms with van der Waals surface area (Å²) < 4.78 is 44.4. The Morgan fingerprint density at radius 1 is 1.17 bits per heavy atom. The van der Waals surface area contributed by atoms with Crippen LogP contribution in [0.5, 0.6) is 0 Å². The molecule has 8 heteroatoms. The molecule has 0 saturated heterocycles. The molecule has 0 radical (unpaired) electrons. The van der Waals surface area contributed by atoms with Gasteiger partial charge < -0.3 is 9.73 Å². The highest BCUT2D eigenvalue weighted by Crippen LogP contribution is 2.36. The van der Waals surface area contributed by atoms with Crippen molar-refractivity contribution in [3.05, 3.63) is 82.1 Å². The van der Waals surface area contributed by atoms with Crippen LogP contribution in [-0.2, 0) is 11.0 Å². The van der Waals surface area contributed by atoms with Crippen LogP contribution >= 0.6 is 11.6 Å². The molecule has 152 valence electrons. The summed E-state index contributed by atoms with van der Waals surface area (Å²) in [5, 5.41) is 12.0. The largest absolute Gasteiger partial charge is 0.457 e. The zero-order valence-corrected chi connectivity index (χ0v) is 16.3. The molecule has 1 amide bonds. The number of nitrogens with zero attached hydrogens (tertiary/aromatic N) is 1. The van der Waals surface area contributed by atoms with Crippen molar-refractivity contribution in [3.8, 4) is 17.4 Å². The number of carbonyl (C=O) groups is 1. The molecule has 0 aliphatic rings. The van der Waals surface area contributed by atoms with Gasteiger partial charge in [-0.15, -0.1) is 0 Å². The fourth-order valence-electron chi connectivity index (χ4n) is 2.68. The van der Waals surface area contributed by atoms with Crippen LogP contribution in [0.2, 0.25) is 5.02 Å². The van der Waals surface area contributed by atoms with Crippen molar-refractivity contribution in [3.63, 3.8) is 0 Å². The van der Waals surface area contributed by atoms with E-state index in [1.54, 1.807) is 24.3 Å². The molecule has 0 unspecified atom stereocenters. The van der Waals surface area contributed by atoms with Crippen molar-refractivity contribution in [2.24, 2.45) is 0 Å². The van der Waals surface area contributed by atoms with Crippen molar-refractivity contribution in [2.45, 2.75) is 13.1 Å². The van der Waals surface area contributed by atoms with E-state index in [4.69, 9.17) is 16.0 Å².